The van der Waals surface area contributed by atoms with Crippen LogP contribution in [-0.2, 0) is 5.41 Å². The van der Waals surface area contributed by atoms with E-state index >= 15 is 0 Å². The third kappa shape index (κ3) is 9.98. The Morgan fingerprint density at radius 2 is 1.68 bits per heavy atom. The number of hydrogen-bond acceptors (Lipinski definition) is 3. The summed E-state index contributed by atoms with van der Waals surface area (Å²) >= 11 is 0. The molecule has 0 spiro atoms. The molecule has 2 aliphatic rings. The number of fused-ring (bicyclic) bond motifs is 1. The Labute approximate surface area is 251 Å². The summed E-state index contributed by atoms with van der Waals surface area (Å²) in [6, 6.07) is 19.5. The Morgan fingerprint density at radius 3 is 2.24 bits per heavy atom. The van der Waals surface area contributed by atoms with Crippen LogP contribution in [0.25, 0.3) is 10.8 Å². The zero-order chi connectivity index (χ0) is 29.1. The number of terminal acetylenes is 1. The largest absolute Gasteiger partial charge is 0.492 e. The molecule has 3 aromatic carbocycles. The maximum Gasteiger partial charge on any atom is 0.127 e. The Hall–Kier alpha value is -3.22. The second-order valence-electron chi connectivity index (χ2n) is 11.9. The van der Waals surface area contributed by atoms with E-state index in [9.17, 15) is 0 Å². The zero-order valence-electron chi connectivity index (χ0n) is 25.8. The van der Waals surface area contributed by atoms with E-state index in [1.807, 2.05) is 6.92 Å². The minimum Gasteiger partial charge on any atom is -0.492 e. The number of anilines is 1. The monoisotopic (exact) mass is 554 g/mol. The maximum absolute atomic E-state index is 6.09. The number of likely N-dealkylation sites (tertiary alicyclic amines) is 1. The lowest BCUT2D eigenvalue weighted by Crippen LogP contribution is -2.33. The average molecular weight is 555 g/mol. The molecule has 3 heteroatoms. The summed E-state index contributed by atoms with van der Waals surface area (Å²) in [6.45, 7) is 20.9. The fourth-order valence-electron chi connectivity index (χ4n) is 5.38. The quantitative estimate of drug-likeness (QED) is 0.280. The van der Waals surface area contributed by atoms with Crippen molar-refractivity contribution in [2.45, 2.75) is 92.4 Å². The molecule has 3 aromatic rings. The van der Waals surface area contributed by atoms with Crippen LogP contribution in [0, 0.1) is 19.3 Å². The molecule has 1 heterocycles. The predicted molar refractivity (Wildman–Crippen MR) is 181 cm³/mol. The summed E-state index contributed by atoms with van der Waals surface area (Å²) < 4.78 is 6.09. The topological polar surface area (TPSA) is 24.5 Å². The molecular formula is C38H54N2O. The molecule has 0 aromatic heterocycles. The van der Waals surface area contributed by atoms with E-state index in [1.165, 1.54) is 61.7 Å². The SMILES string of the molecule is C.C#CC.C=C(C)Nc1ccc(OCCN2CCCCC2)c2ccccc12.Cc1cc(C2(C)CC2)ccc1C(C)C. The van der Waals surface area contributed by atoms with Crippen molar-refractivity contribution in [2.75, 3.05) is 31.6 Å². The molecule has 41 heavy (non-hydrogen) atoms. The predicted octanol–water partition coefficient (Wildman–Crippen LogP) is 10.1. The van der Waals surface area contributed by atoms with Crippen LogP contribution in [0.5, 0.6) is 5.75 Å². The molecule has 1 saturated heterocycles. The van der Waals surface area contributed by atoms with Crippen LogP contribution in [0.3, 0.4) is 0 Å². The number of allylic oxidation sites excluding steroid dienone is 1. The lowest BCUT2D eigenvalue weighted by Gasteiger charge is -2.26. The molecule has 3 nitrogen and oxygen atoms in total. The summed E-state index contributed by atoms with van der Waals surface area (Å²) in [4.78, 5) is 2.50. The summed E-state index contributed by atoms with van der Waals surface area (Å²) in [6.07, 6.45) is 11.4. The number of nitrogens with zero attached hydrogens (tertiary/aromatic N) is 1. The highest BCUT2D eigenvalue weighted by Gasteiger charge is 2.38. The molecule has 0 unspecified atom stereocenters. The van der Waals surface area contributed by atoms with E-state index in [-0.39, 0.29) is 7.43 Å². The maximum atomic E-state index is 6.09. The van der Waals surface area contributed by atoms with Gasteiger partial charge in [-0.25, -0.2) is 0 Å². The Kier molecular flexibility index (Phi) is 13.5. The van der Waals surface area contributed by atoms with Crippen molar-refractivity contribution in [1.82, 2.24) is 4.90 Å². The van der Waals surface area contributed by atoms with Gasteiger partial charge in [0.15, 0.2) is 0 Å². The highest BCUT2D eigenvalue weighted by atomic mass is 16.5. The number of rotatable bonds is 8. The van der Waals surface area contributed by atoms with Gasteiger partial charge in [0, 0.05) is 28.7 Å². The van der Waals surface area contributed by atoms with Gasteiger partial charge < -0.3 is 10.1 Å². The van der Waals surface area contributed by atoms with Gasteiger partial charge >= 0.3 is 0 Å². The number of benzene rings is 3. The Balaban J connectivity index is 0.000000280. The zero-order valence-corrected chi connectivity index (χ0v) is 25.8. The lowest BCUT2D eigenvalue weighted by molar-refractivity contribution is 0.184. The number of nitrogens with one attached hydrogen (secondary N) is 1. The van der Waals surface area contributed by atoms with Gasteiger partial charge in [-0.1, -0.05) is 83.7 Å². The van der Waals surface area contributed by atoms with E-state index < -0.39 is 0 Å². The molecule has 0 atom stereocenters. The van der Waals surface area contributed by atoms with Crippen LogP contribution < -0.4 is 10.1 Å². The number of ether oxygens (including phenoxy) is 1. The van der Waals surface area contributed by atoms with Gasteiger partial charge in [-0.2, -0.15) is 0 Å². The summed E-state index contributed by atoms with van der Waals surface area (Å²) in [5.74, 6) is 3.86. The van der Waals surface area contributed by atoms with Crippen LogP contribution in [0.15, 0.2) is 66.9 Å². The first-order valence-electron chi connectivity index (χ1n) is 15.0. The Morgan fingerprint density at radius 1 is 1.05 bits per heavy atom. The van der Waals surface area contributed by atoms with Crippen LogP contribution in [0.2, 0.25) is 0 Å². The van der Waals surface area contributed by atoms with Crippen molar-refractivity contribution < 1.29 is 4.74 Å². The minimum atomic E-state index is 0. The van der Waals surface area contributed by atoms with Crippen molar-refractivity contribution in [3.63, 3.8) is 0 Å². The van der Waals surface area contributed by atoms with Gasteiger partial charge in [-0.05, 0) is 99.7 Å². The first-order valence-corrected chi connectivity index (χ1v) is 15.0. The normalized spacial score (nSPS) is 15.3. The Bertz CT molecular complexity index is 1290. The molecule has 1 aliphatic heterocycles. The van der Waals surface area contributed by atoms with E-state index in [0.717, 1.165) is 35.7 Å². The first-order chi connectivity index (χ1) is 19.2. The van der Waals surface area contributed by atoms with Crippen molar-refractivity contribution >= 4 is 16.5 Å². The molecule has 0 amide bonds. The standard InChI is InChI=1S/C20H26N2O.C14H20.C3H4.CH4/c1-16(2)21-19-10-11-20(18-9-5-4-8-17(18)19)23-15-14-22-12-6-3-7-13-22;1-10(2)13-6-5-12(9-11(13)3)14(4)7-8-14;1-3-2;/h4-5,8-11,21H,1,3,6-7,12-15H2,2H3;5-6,9-10H,7-8H2,1-4H3;1H,2H3;1H4. The number of hydrogen-bond donors (Lipinski definition) is 1. The molecule has 1 N–H and O–H groups in total. The van der Waals surface area contributed by atoms with E-state index in [2.05, 4.69) is 111 Å². The molecular weight excluding hydrogens is 500 g/mol. The molecule has 0 radical (unpaired) electrons. The van der Waals surface area contributed by atoms with Crippen LogP contribution in [-0.4, -0.2) is 31.1 Å². The van der Waals surface area contributed by atoms with Crippen molar-refractivity contribution in [3.05, 3.63) is 83.6 Å². The van der Waals surface area contributed by atoms with Gasteiger partial charge in [0.25, 0.3) is 0 Å². The smallest absolute Gasteiger partial charge is 0.127 e. The molecule has 222 valence electrons. The van der Waals surface area contributed by atoms with E-state index in [1.54, 1.807) is 12.5 Å². The minimum absolute atomic E-state index is 0. The van der Waals surface area contributed by atoms with Gasteiger partial charge in [-0.3, -0.25) is 4.90 Å². The number of aryl methyl sites for hydroxylation is 1. The van der Waals surface area contributed by atoms with Crippen molar-refractivity contribution in [1.29, 1.82) is 0 Å². The summed E-state index contributed by atoms with van der Waals surface area (Å²) in [5.41, 5.74) is 7.04. The first kappa shape index (κ1) is 34.0. The van der Waals surface area contributed by atoms with Crippen LogP contribution in [0.1, 0.15) is 96.8 Å². The van der Waals surface area contributed by atoms with Crippen LogP contribution in [0.4, 0.5) is 5.69 Å². The lowest BCUT2D eigenvalue weighted by atomic mass is 9.91. The molecule has 5 rings (SSSR count). The average Bonchev–Trinajstić information content (AvgIpc) is 3.69. The highest BCUT2D eigenvalue weighted by Crippen LogP contribution is 2.48. The van der Waals surface area contributed by atoms with Gasteiger partial charge in [0.05, 0.1) is 0 Å². The van der Waals surface area contributed by atoms with Gasteiger partial charge in [0.2, 0.25) is 0 Å². The van der Waals surface area contributed by atoms with Gasteiger partial charge in [0.1, 0.15) is 12.4 Å². The third-order valence-electron chi connectivity index (χ3n) is 7.93. The third-order valence-corrected chi connectivity index (χ3v) is 7.93. The fourth-order valence-corrected chi connectivity index (χ4v) is 5.38. The van der Waals surface area contributed by atoms with Crippen LogP contribution >= 0.6 is 0 Å². The molecule has 2 fully saturated rings. The second kappa shape index (κ2) is 16.3. The number of piperidine rings is 1. The van der Waals surface area contributed by atoms with Crippen molar-refractivity contribution in [2.24, 2.45) is 0 Å². The molecule has 1 aliphatic carbocycles. The summed E-state index contributed by atoms with van der Waals surface area (Å²) in [7, 11) is 0. The highest BCUT2D eigenvalue weighted by molar-refractivity contribution is 5.98. The molecule has 1 saturated carbocycles. The van der Waals surface area contributed by atoms with Gasteiger partial charge in [-0.15, -0.1) is 12.3 Å². The van der Waals surface area contributed by atoms with E-state index in [4.69, 9.17) is 4.74 Å². The van der Waals surface area contributed by atoms with E-state index in [0.29, 0.717) is 11.3 Å². The fraction of sp³-hybridized carbons (Fsp3) is 0.474. The summed E-state index contributed by atoms with van der Waals surface area (Å²) in [5, 5.41) is 5.65. The second-order valence-corrected chi connectivity index (χ2v) is 11.9. The molecule has 0 bridgehead atoms. The van der Waals surface area contributed by atoms with Crippen molar-refractivity contribution in [3.8, 4) is 18.1 Å².